The van der Waals surface area contributed by atoms with Gasteiger partial charge in [0, 0.05) is 43.1 Å². The molecule has 0 N–H and O–H groups in total. The molecule has 0 heterocycles. The molecule has 1 aliphatic rings. The number of hydrogen-bond acceptors (Lipinski definition) is 6. The molecule has 0 aromatic heterocycles. The van der Waals surface area contributed by atoms with Crippen LogP contribution in [0, 0.1) is 20.6 Å². The summed E-state index contributed by atoms with van der Waals surface area (Å²) < 4.78 is 0. The minimum absolute atomic E-state index is 0. The van der Waals surface area contributed by atoms with Crippen molar-refractivity contribution in [2.75, 3.05) is 26.7 Å². The van der Waals surface area contributed by atoms with Gasteiger partial charge in [-0.25, -0.2) is 0 Å². The summed E-state index contributed by atoms with van der Waals surface area (Å²) in [6.07, 6.45) is 7.89. The molecular formula is C27H38N6NaO3. The van der Waals surface area contributed by atoms with Gasteiger partial charge in [-0.3, -0.25) is 15.0 Å². The molecule has 1 fully saturated rings. The van der Waals surface area contributed by atoms with Gasteiger partial charge in [0.15, 0.2) is 0 Å². The number of rotatable bonds is 16. The topological polar surface area (TPSA) is 98.0 Å². The smallest absolute Gasteiger partial charge is 0.0736 e. The summed E-state index contributed by atoms with van der Waals surface area (Å²) in [6.45, 7) is 0.986. The predicted molar refractivity (Wildman–Crippen MR) is 148 cm³/mol. The standard InChI is InChI=1S/C27H38N6O3.Na/c1-31(28-34)21-26(19-24-13-7-3-8-14-24)33(30-36)22-27(20-25-15-9-4-10-16-25)32(29-35)18-17-23-11-5-2-6-12-23;/h2-3,5-8,11-14,25-27H,4,9-10,15-22H2,1H3;/t26-,27+;/m0./s1. The van der Waals surface area contributed by atoms with Crippen molar-refractivity contribution in [1.82, 2.24) is 15.0 Å². The minimum Gasteiger partial charge on any atom is -0.262 e. The summed E-state index contributed by atoms with van der Waals surface area (Å²) in [5.41, 5.74) is 2.17. The summed E-state index contributed by atoms with van der Waals surface area (Å²) in [7, 11) is 1.59. The molecule has 1 aliphatic carbocycles. The van der Waals surface area contributed by atoms with E-state index in [0.717, 1.165) is 30.4 Å². The Morgan fingerprint density at radius 2 is 1.35 bits per heavy atom. The van der Waals surface area contributed by atoms with E-state index in [0.29, 0.717) is 25.3 Å². The zero-order chi connectivity index (χ0) is 25.6. The molecule has 0 amide bonds. The van der Waals surface area contributed by atoms with E-state index in [1.165, 1.54) is 29.3 Å². The molecule has 9 nitrogen and oxygen atoms in total. The zero-order valence-corrected chi connectivity index (χ0v) is 24.2. The van der Waals surface area contributed by atoms with Crippen LogP contribution in [0.3, 0.4) is 0 Å². The van der Waals surface area contributed by atoms with Crippen LogP contribution in [0.2, 0.25) is 0 Å². The molecule has 0 aliphatic heterocycles. The Hall–Kier alpha value is -2.36. The van der Waals surface area contributed by atoms with Gasteiger partial charge in [0.25, 0.3) is 0 Å². The second-order valence-corrected chi connectivity index (χ2v) is 9.84. The molecule has 2 aromatic carbocycles. The Kier molecular flexibility index (Phi) is 14.4. The fourth-order valence-electron chi connectivity index (χ4n) is 5.23. The van der Waals surface area contributed by atoms with E-state index in [2.05, 4.69) is 15.9 Å². The fraction of sp³-hybridized carbons (Fsp3) is 0.556. The van der Waals surface area contributed by atoms with Crippen LogP contribution in [0.15, 0.2) is 76.5 Å². The maximum absolute atomic E-state index is 12.1. The van der Waals surface area contributed by atoms with Crippen molar-refractivity contribution in [3.63, 3.8) is 0 Å². The van der Waals surface area contributed by atoms with Gasteiger partial charge in [-0.1, -0.05) is 92.8 Å². The number of nitrogens with zero attached hydrogens (tertiary/aromatic N) is 6. The fourth-order valence-corrected chi connectivity index (χ4v) is 5.23. The van der Waals surface area contributed by atoms with Crippen LogP contribution >= 0.6 is 0 Å². The van der Waals surface area contributed by atoms with Crippen molar-refractivity contribution in [3.05, 3.63) is 86.5 Å². The van der Waals surface area contributed by atoms with E-state index in [1.807, 2.05) is 60.7 Å². The van der Waals surface area contributed by atoms with Gasteiger partial charge in [-0.15, -0.1) is 14.7 Å². The predicted octanol–water partition coefficient (Wildman–Crippen LogP) is 5.38. The Morgan fingerprint density at radius 1 is 0.757 bits per heavy atom. The van der Waals surface area contributed by atoms with Crippen LogP contribution in [0.4, 0.5) is 0 Å². The van der Waals surface area contributed by atoms with Crippen LogP contribution < -0.4 is 0 Å². The second kappa shape index (κ2) is 17.2. The number of likely N-dealkylation sites (N-methyl/N-ethyl adjacent to an activating group) is 1. The van der Waals surface area contributed by atoms with E-state index >= 15 is 0 Å². The third kappa shape index (κ3) is 10.5. The van der Waals surface area contributed by atoms with Gasteiger partial charge in [-0.05, 0) is 36.3 Å². The summed E-state index contributed by atoms with van der Waals surface area (Å²) in [5, 5.41) is 14.2. The molecule has 0 unspecified atom stereocenters. The minimum atomic E-state index is -0.371. The Balaban J connectivity index is 0.00000481. The van der Waals surface area contributed by atoms with Crippen molar-refractivity contribution in [2.45, 2.75) is 63.5 Å². The molecule has 3 rings (SSSR count). The quantitative estimate of drug-likeness (QED) is 0.168. The molecule has 10 heteroatoms. The first-order valence-electron chi connectivity index (χ1n) is 12.9. The molecule has 1 saturated carbocycles. The molecule has 2 aromatic rings. The van der Waals surface area contributed by atoms with Crippen molar-refractivity contribution in [1.29, 1.82) is 0 Å². The van der Waals surface area contributed by atoms with Crippen LogP contribution in [0.25, 0.3) is 0 Å². The average molecular weight is 518 g/mol. The van der Waals surface area contributed by atoms with Crippen LogP contribution in [-0.4, -0.2) is 83.3 Å². The Bertz CT molecular complexity index is 917. The first-order chi connectivity index (χ1) is 17.6. The number of hydrogen-bond donors (Lipinski definition) is 0. The molecule has 37 heavy (non-hydrogen) atoms. The molecule has 0 saturated heterocycles. The van der Waals surface area contributed by atoms with Crippen molar-refractivity contribution >= 4 is 29.6 Å². The SMILES string of the molecule is CN(C[C@H](Cc1ccccc1)N(C[C@@H](CC1CCCCC1)N(CCc1ccccc1)N=O)N=O)N=O.[Na]. The third-order valence-electron chi connectivity index (χ3n) is 7.18. The normalized spacial score (nSPS) is 15.1. The Labute approximate surface area is 242 Å². The maximum Gasteiger partial charge on any atom is 0.0736 e. The Morgan fingerprint density at radius 3 is 1.92 bits per heavy atom. The van der Waals surface area contributed by atoms with Crippen molar-refractivity contribution in [3.8, 4) is 0 Å². The second-order valence-electron chi connectivity index (χ2n) is 9.84. The zero-order valence-electron chi connectivity index (χ0n) is 22.2. The summed E-state index contributed by atoms with van der Waals surface area (Å²) in [5.74, 6) is 0.491. The average Bonchev–Trinajstić information content (AvgIpc) is 2.93. The molecule has 0 spiro atoms. The van der Waals surface area contributed by atoms with Crippen molar-refractivity contribution in [2.24, 2.45) is 21.8 Å². The van der Waals surface area contributed by atoms with Gasteiger partial charge in [0.1, 0.15) is 0 Å². The first-order valence-corrected chi connectivity index (χ1v) is 12.9. The third-order valence-corrected chi connectivity index (χ3v) is 7.18. The number of benzene rings is 2. The van der Waals surface area contributed by atoms with Gasteiger partial charge >= 0.3 is 0 Å². The molecule has 195 valence electrons. The van der Waals surface area contributed by atoms with Gasteiger partial charge in [-0.2, -0.15) is 0 Å². The number of nitroso groups, excluding NO2 is 3. The van der Waals surface area contributed by atoms with E-state index < -0.39 is 0 Å². The molecule has 2 atom stereocenters. The van der Waals surface area contributed by atoms with Crippen molar-refractivity contribution < 1.29 is 0 Å². The first kappa shape index (κ1) is 30.9. The van der Waals surface area contributed by atoms with Gasteiger partial charge in [0.2, 0.25) is 0 Å². The monoisotopic (exact) mass is 517 g/mol. The molecular weight excluding hydrogens is 479 g/mol. The molecule has 0 bridgehead atoms. The molecule has 1 radical (unpaired) electrons. The van der Waals surface area contributed by atoms with E-state index in [1.54, 1.807) is 12.1 Å². The van der Waals surface area contributed by atoms with Crippen LogP contribution in [-0.2, 0) is 12.8 Å². The van der Waals surface area contributed by atoms with Crippen LogP contribution in [0.5, 0.6) is 0 Å². The largest absolute Gasteiger partial charge is 0.262 e. The van der Waals surface area contributed by atoms with Crippen LogP contribution in [0.1, 0.15) is 49.7 Å². The van der Waals surface area contributed by atoms with Gasteiger partial charge < -0.3 is 0 Å². The van der Waals surface area contributed by atoms with Gasteiger partial charge in [0.05, 0.1) is 41.0 Å². The summed E-state index contributed by atoms with van der Waals surface area (Å²) in [6, 6.07) is 19.2. The van der Waals surface area contributed by atoms with E-state index in [-0.39, 0.29) is 54.7 Å². The summed E-state index contributed by atoms with van der Waals surface area (Å²) >= 11 is 0. The summed E-state index contributed by atoms with van der Waals surface area (Å²) in [4.78, 5) is 35.3. The van der Waals surface area contributed by atoms with E-state index in [9.17, 15) is 14.7 Å². The maximum atomic E-state index is 12.1. The van der Waals surface area contributed by atoms with E-state index in [4.69, 9.17) is 0 Å².